The lowest BCUT2D eigenvalue weighted by Gasteiger charge is -2.21. The third-order valence-electron chi connectivity index (χ3n) is 5.26. The van der Waals surface area contributed by atoms with Gasteiger partial charge in [-0.2, -0.15) is 0 Å². The fraction of sp³-hybridized carbons (Fsp3) is 0.950. The van der Waals surface area contributed by atoms with E-state index in [0.717, 1.165) is 6.42 Å². The number of hydrogen-bond donors (Lipinski definition) is 0. The predicted octanol–water partition coefficient (Wildman–Crippen LogP) is 6.99. The van der Waals surface area contributed by atoms with Crippen molar-refractivity contribution in [2.45, 2.75) is 122 Å². The molecule has 1 fully saturated rings. The van der Waals surface area contributed by atoms with Crippen LogP contribution in [0.2, 0.25) is 18.6 Å². The third kappa shape index (κ3) is 11.0. The molecule has 0 amide bonds. The van der Waals surface area contributed by atoms with Gasteiger partial charge in [-0.25, -0.2) is 0 Å². The lowest BCUT2D eigenvalue weighted by molar-refractivity contribution is -0.135. The molecular weight excluding hydrogens is 300 g/mol. The van der Waals surface area contributed by atoms with Crippen LogP contribution in [0.4, 0.5) is 0 Å². The van der Waals surface area contributed by atoms with Gasteiger partial charge < -0.3 is 4.43 Å². The molecule has 1 aliphatic rings. The normalized spacial score (nSPS) is 16.6. The van der Waals surface area contributed by atoms with Gasteiger partial charge >= 0.3 is 0 Å². The van der Waals surface area contributed by atoms with Crippen LogP contribution < -0.4 is 0 Å². The Kier molecular flexibility index (Phi) is 11.7. The molecule has 1 saturated heterocycles. The van der Waals surface area contributed by atoms with E-state index in [1.807, 2.05) is 0 Å². The van der Waals surface area contributed by atoms with Crippen molar-refractivity contribution >= 4 is 14.3 Å². The van der Waals surface area contributed by atoms with Crippen LogP contribution in [0.25, 0.3) is 0 Å². The second-order valence-electron chi connectivity index (χ2n) is 7.77. The molecule has 0 bridgehead atoms. The molecule has 0 saturated carbocycles. The van der Waals surface area contributed by atoms with Crippen molar-refractivity contribution in [3.05, 3.63) is 0 Å². The molecule has 2 nitrogen and oxygen atoms in total. The highest BCUT2D eigenvalue weighted by molar-refractivity contribution is 6.74. The first-order valence-corrected chi connectivity index (χ1v) is 13.2. The predicted molar refractivity (Wildman–Crippen MR) is 102 cm³/mol. The topological polar surface area (TPSA) is 26.3 Å². The lowest BCUT2D eigenvalue weighted by Crippen LogP contribution is -2.33. The highest BCUT2D eigenvalue weighted by atomic mass is 28.4. The summed E-state index contributed by atoms with van der Waals surface area (Å²) >= 11 is 0. The van der Waals surface area contributed by atoms with E-state index in [1.165, 1.54) is 95.6 Å². The van der Waals surface area contributed by atoms with Crippen molar-refractivity contribution in [1.82, 2.24) is 0 Å². The SMILES string of the molecule is CCCCCCCCCCCCCCC(=O)O[Si]1(C)CCCC1. The monoisotopic (exact) mass is 340 g/mol. The molecule has 1 aliphatic heterocycles. The molecule has 0 N–H and O–H groups in total. The first-order chi connectivity index (χ1) is 11.2. The minimum absolute atomic E-state index is 0.0909. The van der Waals surface area contributed by atoms with Gasteiger partial charge in [0.05, 0.1) is 0 Å². The van der Waals surface area contributed by atoms with Gasteiger partial charge in [-0.3, -0.25) is 4.79 Å². The Morgan fingerprint density at radius 3 is 1.70 bits per heavy atom. The number of hydrogen-bond acceptors (Lipinski definition) is 2. The maximum Gasteiger partial charge on any atom is 0.292 e. The van der Waals surface area contributed by atoms with E-state index in [1.54, 1.807) is 0 Å². The fourth-order valence-corrected chi connectivity index (χ4v) is 6.76. The Bertz CT molecular complexity index is 298. The quantitative estimate of drug-likeness (QED) is 0.251. The smallest absolute Gasteiger partial charge is 0.292 e. The zero-order valence-corrected chi connectivity index (χ0v) is 16.8. The lowest BCUT2D eigenvalue weighted by atomic mass is 10.0. The van der Waals surface area contributed by atoms with E-state index in [4.69, 9.17) is 4.43 Å². The Balaban J connectivity index is 1.81. The summed E-state index contributed by atoms with van der Waals surface area (Å²) in [5.41, 5.74) is 0. The summed E-state index contributed by atoms with van der Waals surface area (Å²) in [6.07, 6.45) is 19.3. The molecule has 0 spiro atoms. The van der Waals surface area contributed by atoms with Crippen LogP contribution in [-0.2, 0) is 9.22 Å². The first-order valence-electron chi connectivity index (χ1n) is 10.4. The van der Waals surface area contributed by atoms with Crippen molar-refractivity contribution in [1.29, 1.82) is 0 Å². The van der Waals surface area contributed by atoms with Gasteiger partial charge in [0.2, 0.25) is 0 Å². The van der Waals surface area contributed by atoms with Crippen molar-refractivity contribution in [2.24, 2.45) is 0 Å². The molecule has 136 valence electrons. The van der Waals surface area contributed by atoms with Crippen LogP contribution in [0.5, 0.6) is 0 Å². The molecule has 0 aromatic rings. The summed E-state index contributed by atoms with van der Waals surface area (Å²) in [5.74, 6) is 0.0909. The summed E-state index contributed by atoms with van der Waals surface area (Å²) in [6.45, 7) is 4.51. The van der Waals surface area contributed by atoms with E-state index in [2.05, 4.69) is 13.5 Å². The van der Waals surface area contributed by atoms with Gasteiger partial charge in [0.15, 0.2) is 0 Å². The molecular formula is C20H40O2Si. The molecule has 0 aliphatic carbocycles. The zero-order valence-electron chi connectivity index (χ0n) is 15.8. The Labute approximate surface area is 145 Å². The van der Waals surface area contributed by atoms with E-state index < -0.39 is 8.32 Å². The van der Waals surface area contributed by atoms with Crippen LogP contribution in [0.3, 0.4) is 0 Å². The van der Waals surface area contributed by atoms with Crippen LogP contribution in [0.1, 0.15) is 103 Å². The van der Waals surface area contributed by atoms with Crippen molar-refractivity contribution < 1.29 is 9.22 Å². The minimum atomic E-state index is -1.60. The molecule has 0 aromatic heterocycles. The molecule has 0 atom stereocenters. The van der Waals surface area contributed by atoms with Crippen LogP contribution in [0, 0.1) is 0 Å². The molecule has 0 unspecified atom stereocenters. The second-order valence-corrected chi connectivity index (χ2v) is 11.9. The molecule has 3 heteroatoms. The van der Waals surface area contributed by atoms with Gasteiger partial charge in [0, 0.05) is 6.42 Å². The standard InChI is InChI=1S/C20H40O2Si/c1-3-4-5-6-7-8-9-10-11-12-13-14-17-20(21)22-23(2)18-15-16-19-23/h3-19H2,1-2H3. The third-order valence-corrected chi connectivity index (χ3v) is 8.80. The molecule has 0 aromatic carbocycles. The summed E-state index contributed by atoms with van der Waals surface area (Å²) in [5, 5.41) is 0. The highest BCUT2D eigenvalue weighted by Gasteiger charge is 2.36. The average molecular weight is 341 g/mol. The van der Waals surface area contributed by atoms with Gasteiger partial charge in [-0.15, -0.1) is 0 Å². The molecule has 23 heavy (non-hydrogen) atoms. The van der Waals surface area contributed by atoms with E-state index in [9.17, 15) is 4.79 Å². The summed E-state index contributed by atoms with van der Waals surface area (Å²) < 4.78 is 5.80. The molecule has 0 radical (unpaired) electrons. The number of carbonyl (C=O) groups excluding carboxylic acids is 1. The molecule has 1 rings (SSSR count). The van der Waals surface area contributed by atoms with Crippen LogP contribution in [0.15, 0.2) is 0 Å². The van der Waals surface area contributed by atoms with Crippen molar-refractivity contribution in [3.63, 3.8) is 0 Å². The number of carbonyl (C=O) groups is 1. The van der Waals surface area contributed by atoms with E-state index >= 15 is 0 Å². The Morgan fingerprint density at radius 1 is 0.783 bits per heavy atom. The van der Waals surface area contributed by atoms with Gasteiger partial charge in [-0.1, -0.05) is 90.4 Å². The maximum absolute atomic E-state index is 11.9. The summed E-state index contributed by atoms with van der Waals surface area (Å²) in [4.78, 5) is 11.9. The largest absolute Gasteiger partial charge is 0.519 e. The van der Waals surface area contributed by atoms with Crippen molar-refractivity contribution in [2.75, 3.05) is 0 Å². The fourth-order valence-electron chi connectivity index (χ4n) is 3.66. The first kappa shape index (κ1) is 20.7. The van der Waals surface area contributed by atoms with Crippen LogP contribution >= 0.6 is 0 Å². The van der Waals surface area contributed by atoms with Crippen molar-refractivity contribution in [3.8, 4) is 0 Å². The second kappa shape index (κ2) is 13.0. The number of unbranched alkanes of at least 4 members (excludes halogenated alkanes) is 11. The average Bonchev–Trinajstić information content (AvgIpc) is 2.94. The zero-order chi connectivity index (χ0) is 16.8. The summed E-state index contributed by atoms with van der Waals surface area (Å²) in [7, 11) is -1.60. The van der Waals surface area contributed by atoms with E-state index in [0.29, 0.717) is 6.42 Å². The van der Waals surface area contributed by atoms with E-state index in [-0.39, 0.29) is 5.97 Å². The Hall–Kier alpha value is -0.313. The van der Waals surface area contributed by atoms with Gasteiger partial charge in [-0.05, 0) is 25.1 Å². The molecule has 1 heterocycles. The summed E-state index contributed by atoms with van der Waals surface area (Å²) in [6, 6.07) is 2.38. The van der Waals surface area contributed by atoms with Gasteiger partial charge in [0.1, 0.15) is 0 Å². The van der Waals surface area contributed by atoms with Crippen LogP contribution in [-0.4, -0.2) is 14.3 Å². The highest BCUT2D eigenvalue weighted by Crippen LogP contribution is 2.31. The number of rotatable bonds is 14. The Morgan fingerprint density at radius 2 is 1.22 bits per heavy atom. The van der Waals surface area contributed by atoms with Gasteiger partial charge in [0.25, 0.3) is 14.3 Å². The minimum Gasteiger partial charge on any atom is -0.519 e. The maximum atomic E-state index is 11.9.